The first-order chi connectivity index (χ1) is 10.2. The third-order valence-corrected chi connectivity index (χ3v) is 4.74. The smallest absolute Gasteiger partial charge is 0.251 e. The fourth-order valence-corrected chi connectivity index (χ4v) is 2.65. The Hall–Kier alpha value is -1.44. The highest BCUT2D eigenvalue weighted by Crippen LogP contribution is 2.14. The van der Waals surface area contributed by atoms with Crippen molar-refractivity contribution in [2.45, 2.75) is 31.3 Å². The molecular weight excluding hydrogens is 304 g/mol. The van der Waals surface area contributed by atoms with Gasteiger partial charge in [0, 0.05) is 32.8 Å². The van der Waals surface area contributed by atoms with E-state index in [4.69, 9.17) is 4.74 Å². The predicted molar refractivity (Wildman–Crippen MR) is 85.4 cm³/mol. The van der Waals surface area contributed by atoms with Crippen LogP contribution >= 0.6 is 0 Å². The quantitative estimate of drug-likeness (QED) is 0.734. The molecule has 0 saturated heterocycles. The Kier molecular flexibility index (Phi) is 6.99. The molecule has 1 rings (SSSR count). The first-order valence-corrected chi connectivity index (χ1v) is 8.61. The van der Waals surface area contributed by atoms with Gasteiger partial charge in [0.1, 0.15) is 0 Å². The minimum atomic E-state index is -3.54. The zero-order valence-electron chi connectivity index (χ0n) is 13.5. The van der Waals surface area contributed by atoms with Crippen LogP contribution in [0, 0.1) is 0 Å². The molecule has 1 amide bonds. The number of ether oxygens (including phenoxy) is 1. The molecule has 0 fully saturated rings. The van der Waals surface area contributed by atoms with Gasteiger partial charge in [-0.05, 0) is 38.5 Å². The molecule has 0 aliphatic carbocycles. The van der Waals surface area contributed by atoms with Crippen molar-refractivity contribution in [3.05, 3.63) is 29.8 Å². The molecular formula is C15H24N2O4S. The van der Waals surface area contributed by atoms with Crippen molar-refractivity contribution in [1.82, 2.24) is 9.62 Å². The van der Waals surface area contributed by atoms with Crippen LogP contribution in [0.1, 0.15) is 30.6 Å². The number of nitrogens with zero attached hydrogens (tertiary/aromatic N) is 1. The third-order valence-electron chi connectivity index (χ3n) is 2.93. The Morgan fingerprint density at radius 2 is 2.00 bits per heavy atom. The summed E-state index contributed by atoms with van der Waals surface area (Å²) in [6, 6.07) is 6.01. The topological polar surface area (TPSA) is 75.7 Å². The highest BCUT2D eigenvalue weighted by Gasteiger charge is 2.18. The molecule has 1 aromatic carbocycles. The molecule has 0 aromatic heterocycles. The number of hydrogen-bond donors (Lipinski definition) is 1. The highest BCUT2D eigenvalue weighted by molar-refractivity contribution is 7.89. The lowest BCUT2D eigenvalue weighted by molar-refractivity contribution is 0.0757. The van der Waals surface area contributed by atoms with E-state index in [-0.39, 0.29) is 16.9 Å². The van der Waals surface area contributed by atoms with Crippen molar-refractivity contribution in [1.29, 1.82) is 0 Å². The first kappa shape index (κ1) is 18.6. The second kappa shape index (κ2) is 8.26. The average molecular weight is 328 g/mol. The molecule has 0 aliphatic rings. The Labute approximate surface area is 132 Å². The summed E-state index contributed by atoms with van der Waals surface area (Å²) in [5.74, 6) is -0.291. The van der Waals surface area contributed by atoms with Crippen molar-refractivity contribution < 1.29 is 17.9 Å². The largest absolute Gasteiger partial charge is 0.379 e. The molecule has 124 valence electrons. The van der Waals surface area contributed by atoms with Crippen molar-refractivity contribution in [3.8, 4) is 0 Å². The summed E-state index contributed by atoms with van der Waals surface area (Å²) in [6.45, 7) is 4.97. The molecule has 0 spiro atoms. The van der Waals surface area contributed by atoms with Gasteiger partial charge in [-0.2, -0.15) is 0 Å². The van der Waals surface area contributed by atoms with Crippen LogP contribution in [0.5, 0.6) is 0 Å². The van der Waals surface area contributed by atoms with Crippen LogP contribution in [0.15, 0.2) is 29.2 Å². The van der Waals surface area contributed by atoms with E-state index in [0.717, 1.165) is 4.31 Å². The zero-order valence-corrected chi connectivity index (χ0v) is 14.3. The average Bonchev–Trinajstić information content (AvgIpc) is 2.46. The summed E-state index contributed by atoms with van der Waals surface area (Å²) in [4.78, 5) is 12.1. The van der Waals surface area contributed by atoms with E-state index in [1.165, 1.54) is 26.2 Å². The summed E-state index contributed by atoms with van der Waals surface area (Å²) in [5.41, 5.74) is 0.327. The summed E-state index contributed by atoms with van der Waals surface area (Å²) in [5, 5.41) is 2.75. The molecule has 0 heterocycles. The van der Waals surface area contributed by atoms with Crippen LogP contribution < -0.4 is 5.32 Å². The minimum absolute atomic E-state index is 0.105. The normalized spacial score (nSPS) is 11.9. The van der Waals surface area contributed by atoms with E-state index in [1.807, 2.05) is 13.8 Å². The monoisotopic (exact) mass is 328 g/mol. The number of nitrogens with one attached hydrogen (secondary N) is 1. The summed E-state index contributed by atoms with van der Waals surface area (Å²) in [6.07, 6.45) is 0.878. The van der Waals surface area contributed by atoms with Crippen LogP contribution in [-0.2, 0) is 14.8 Å². The number of carbonyl (C=O) groups is 1. The number of rotatable bonds is 8. The Balaban J connectivity index is 2.64. The zero-order chi connectivity index (χ0) is 16.8. The lowest BCUT2D eigenvalue weighted by atomic mass is 10.2. The number of sulfonamides is 1. The molecule has 6 nitrogen and oxygen atoms in total. The maximum Gasteiger partial charge on any atom is 0.251 e. The van der Waals surface area contributed by atoms with Crippen LogP contribution in [0.3, 0.4) is 0 Å². The molecule has 0 bridgehead atoms. The second-order valence-corrected chi connectivity index (χ2v) is 7.50. The summed E-state index contributed by atoms with van der Waals surface area (Å²) < 4.78 is 30.6. The van der Waals surface area contributed by atoms with E-state index in [2.05, 4.69) is 5.32 Å². The molecule has 1 aromatic rings. The number of carbonyl (C=O) groups excluding carboxylic acids is 1. The van der Waals surface area contributed by atoms with E-state index < -0.39 is 10.0 Å². The summed E-state index contributed by atoms with van der Waals surface area (Å²) in [7, 11) is -0.628. The van der Waals surface area contributed by atoms with Gasteiger partial charge in [-0.15, -0.1) is 0 Å². The molecule has 0 radical (unpaired) electrons. The van der Waals surface area contributed by atoms with Crippen molar-refractivity contribution >= 4 is 15.9 Å². The van der Waals surface area contributed by atoms with Gasteiger partial charge in [-0.1, -0.05) is 6.07 Å². The van der Waals surface area contributed by atoms with E-state index >= 15 is 0 Å². The van der Waals surface area contributed by atoms with Gasteiger partial charge >= 0.3 is 0 Å². The van der Waals surface area contributed by atoms with Crippen LogP contribution in [0.4, 0.5) is 0 Å². The van der Waals surface area contributed by atoms with Gasteiger partial charge in [0.2, 0.25) is 10.0 Å². The highest BCUT2D eigenvalue weighted by atomic mass is 32.2. The maximum absolute atomic E-state index is 12.0. The van der Waals surface area contributed by atoms with Crippen molar-refractivity contribution in [2.24, 2.45) is 0 Å². The first-order valence-electron chi connectivity index (χ1n) is 7.17. The van der Waals surface area contributed by atoms with Crippen molar-refractivity contribution in [2.75, 3.05) is 27.2 Å². The summed E-state index contributed by atoms with van der Waals surface area (Å²) >= 11 is 0. The molecule has 0 aliphatic heterocycles. The van der Waals surface area contributed by atoms with E-state index in [1.54, 1.807) is 12.1 Å². The van der Waals surface area contributed by atoms with Gasteiger partial charge in [-0.25, -0.2) is 12.7 Å². The van der Waals surface area contributed by atoms with E-state index in [0.29, 0.717) is 25.1 Å². The minimum Gasteiger partial charge on any atom is -0.379 e. The number of amides is 1. The number of hydrogen-bond acceptors (Lipinski definition) is 4. The fourth-order valence-electron chi connectivity index (χ4n) is 1.70. The van der Waals surface area contributed by atoms with Crippen LogP contribution in [-0.4, -0.2) is 52.0 Å². The van der Waals surface area contributed by atoms with Gasteiger partial charge in [0.05, 0.1) is 11.0 Å². The Bertz CT molecular complexity index is 597. The van der Waals surface area contributed by atoms with Gasteiger partial charge in [0.15, 0.2) is 0 Å². The SMILES string of the molecule is CC(C)OCCCNC(=O)c1cccc(S(=O)(=O)N(C)C)c1. The number of benzene rings is 1. The second-order valence-electron chi connectivity index (χ2n) is 5.34. The molecule has 0 unspecified atom stereocenters. The maximum atomic E-state index is 12.0. The predicted octanol–water partition coefficient (Wildman–Crippen LogP) is 1.48. The molecule has 1 N–H and O–H groups in total. The fraction of sp³-hybridized carbons (Fsp3) is 0.533. The molecule has 0 saturated carbocycles. The lowest BCUT2D eigenvalue weighted by Crippen LogP contribution is -2.26. The molecule has 7 heteroatoms. The Morgan fingerprint density at radius 3 is 2.59 bits per heavy atom. The van der Waals surface area contributed by atoms with Gasteiger partial charge < -0.3 is 10.1 Å². The van der Waals surface area contributed by atoms with Crippen molar-refractivity contribution in [3.63, 3.8) is 0 Å². The lowest BCUT2D eigenvalue weighted by Gasteiger charge is -2.12. The standard InChI is InChI=1S/C15H24N2O4S/c1-12(2)21-10-6-9-16-15(18)13-7-5-8-14(11-13)22(19,20)17(3)4/h5,7-8,11-12H,6,9-10H2,1-4H3,(H,16,18). The van der Waals surface area contributed by atoms with Crippen LogP contribution in [0.25, 0.3) is 0 Å². The van der Waals surface area contributed by atoms with E-state index in [9.17, 15) is 13.2 Å². The Morgan fingerprint density at radius 1 is 1.32 bits per heavy atom. The van der Waals surface area contributed by atoms with Crippen LogP contribution in [0.2, 0.25) is 0 Å². The van der Waals surface area contributed by atoms with Gasteiger partial charge in [-0.3, -0.25) is 4.79 Å². The molecule has 0 atom stereocenters. The third kappa shape index (κ3) is 5.40. The van der Waals surface area contributed by atoms with Gasteiger partial charge in [0.25, 0.3) is 5.91 Å². The molecule has 22 heavy (non-hydrogen) atoms.